The Kier molecular flexibility index (Phi) is 63.4. The van der Waals surface area contributed by atoms with Crippen LogP contribution < -0.4 is 5.32 Å². The molecule has 0 bridgehead atoms. The number of hydrogen-bond donors (Lipinski definition) is 3. The Hall–Kier alpha value is -1.14. The minimum Gasteiger partial charge on any atom is -0.466 e. The predicted octanol–water partition coefficient (Wildman–Crippen LogP) is 21.8. The summed E-state index contributed by atoms with van der Waals surface area (Å²) in [6, 6.07) is -0.539. The number of esters is 1. The maximum atomic E-state index is 12.5. The molecule has 0 aliphatic rings. The molecule has 0 aromatic heterocycles. The molecule has 3 N–H and O–H groups in total. The summed E-state index contributed by atoms with van der Waals surface area (Å²) in [5, 5.41) is 23.4. The highest BCUT2D eigenvalue weighted by Gasteiger charge is 2.20. The van der Waals surface area contributed by atoms with E-state index >= 15 is 0 Å². The molecule has 0 aromatic rings. The molecule has 0 aromatic carbocycles. The molecule has 2 atom stereocenters. The number of carbonyl (C=O) groups is 2. The topological polar surface area (TPSA) is 95.9 Å². The fourth-order valence-electron chi connectivity index (χ4n) is 11.2. The van der Waals surface area contributed by atoms with Gasteiger partial charge in [-0.05, 0) is 25.7 Å². The van der Waals surface area contributed by atoms with E-state index in [4.69, 9.17) is 4.74 Å². The second-order valence-corrected chi connectivity index (χ2v) is 23.9. The molecule has 74 heavy (non-hydrogen) atoms. The molecule has 0 aliphatic carbocycles. The van der Waals surface area contributed by atoms with Gasteiger partial charge in [-0.15, -0.1) is 0 Å². The van der Waals surface area contributed by atoms with Crippen molar-refractivity contribution in [2.45, 2.75) is 411 Å². The van der Waals surface area contributed by atoms with E-state index in [0.717, 1.165) is 38.5 Å². The molecule has 0 aliphatic heterocycles. The molecule has 1 amide bonds. The third-order valence-corrected chi connectivity index (χ3v) is 16.4. The summed E-state index contributed by atoms with van der Waals surface area (Å²) in [6.07, 6.45) is 77.1. The summed E-state index contributed by atoms with van der Waals surface area (Å²) in [4.78, 5) is 24.6. The summed E-state index contributed by atoms with van der Waals surface area (Å²) in [5.41, 5.74) is 0. The highest BCUT2D eigenvalue weighted by Crippen LogP contribution is 2.19. The minimum absolute atomic E-state index is 0.0208. The van der Waals surface area contributed by atoms with E-state index in [1.165, 1.54) is 327 Å². The highest BCUT2D eigenvalue weighted by molar-refractivity contribution is 5.76. The Bertz CT molecular complexity index is 1070. The molecule has 0 spiro atoms. The van der Waals surface area contributed by atoms with Crippen molar-refractivity contribution in [2.24, 2.45) is 0 Å². The van der Waals surface area contributed by atoms with Gasteiger partial charge in [0.15, 0.2) is 0 Å². The molecule has 442 valence electrons. The number of amides is 1. The number of unbranched alkanes of at least 4 members (excludes halogenated alkanes) is 54. The normalized spacial score (nSPS) is 12.4. The van der Waals surface area contributed by atoms with Crippen molar-refractivity contribution in [1.82, 2.24) is 5.32 Å². The lowest BCUT2D eigenvalue weighted by molar-refractivity contribution is -0.143. The van der Waals surface area contributed by atoms with Crippen LogP contribution >= 0.6 is 0 Å². The first-order valence-corrected chi connectivity index (χ1v) is 34.3. The van der Waals surface area contributed by atoms with Gasteiger partial charge in [0.05, 0.1) is 25.4 Å². The van der Waals surface area contributed by atoms with Crippen LogP contribution in [-0.2, 0) is 14.3 Å². The lowest BCUT2D eigenvalue weighted by Crippen LogP contribution is -2.45. The van der Waals surface area contributed by atoms with Gasteiger partial charge >= 0.3 is 5.97 Å². The summed E-state index contributed by atoms with van der Waals surface area (Å²) in [5.74, 6) is -0.00760. The lowest BCUT2D eigenvalue weighted by atomic mass is 10.0. The molecule has 6 nitrogen and oxygen atoms in total. The third kappa shape index (κ3) is 60.1. The number of rotatable bonds is 65. The Morgan fingerprint density at radius 3 is 0.824 bits per heavy atom. The maximum absolute atomic E-state index is 12.5. The molecule has 0 rings (SSSR count). The third-order valence-electron chi connectivity index (χ3n) is 16.4. The van der Waals surface area contributed by atoms with Gasteiger partial charge < -0.3 is 20.3 Å². The van der Waals surface area contributed by atoms with Crippen molar-refractivity contribution in [3.8, 4) is 0 Å². The number of hydrogen-bond acceptors (Lipinski definition) is 5. The lowest BCUT2D eigenvalue weighted by Gasteiger charge is -2.22. The van der Waals surface area contributed by atoms with Gasteiger partial charge in [0.1, 0.15) is 0 Å². The zero-order valence-corrected chi connectivity index (χ0v) is 50.6. The van der Waals surface area contributed by atoms with E-state index in [1.807, 2.05) is 0 Å². The quantitative estimate of drug-likeness (QED) is 0.0417. The zero-order chi connectivity index (χ0) is 53.6. The first kappa shape index (κ1) is 72.9. The monoisotopic (exact) mass is 1050 g/mol. The van der Waals surface area contributed by atoms with E-state index in [0.29, 0.717) is 25.9 Å². The fraction of sp³-hybridized carbons (Fsp3) is 0.971. The van der Waals surface area contributed by atoms with Crippen molar-refractivity contribution >= 4 is 11.9 Å². The van der Waals surface area contributed by atoms with Crippen LogP contribution in [0, 0.1) is 0 Å². The van der Waals surface area contributed by atoms with E-state index in [1.54, 1.807) is 0 Å². The van der Waals surface area contributed by atoms with Crippen LogP contribution in [0.3, 0.4) is 0 Å². The van der Waals surface area contributed by atoms with Gasteiger partial charge in [0.25, 0.3) is 0 Å². The smallest absolute Gasteiger partial charge is 0.305 e. The summed E-state index contributed by atoms with van der Waals surface area (Å²) >= 11 is 0. The first-order chi connectivity index (χ1) is 36.5. The summed E-state index contributed by atoms with van der Waals surface area (Å²) < 4.78 is 5.49. The van der Waals surface area contributed by atoms with E-state index < -0.39 is 12.1 Å². The summed E-state index contributed by atoms with van der Waals surface area (Å²) in [6.45, 7) is 5.00. The van der Waals surface area contributed by atoms with Gasteiger partial charge in [-0.3, -0.25) is 9.59 Å². The van der Waals surface area contributed by atoms with Crippen molar-refractivity contribution < 1.29 is 24.5 Å². The molecule has 0 radical (unpaired) electrons. The van der Waals surface area contributed by atoms with Crippen LogP contribution in [0.2, 0.25) is 0 Å². The Labute approximate surface area is 464 Å². The van der Waals surface area contributed by atoms with Crippen LogP contribution in [0.15, 0.2) is 0 Å². The number of aliphatic hydroxyl groups excluding tert-OH is 2. The SMILES string of the molecule is CCCCCCCCCCCCCCCCCCCC(O)C(CO)NC(=O)CCCCCCCCCCCCCCCCCCCCCCCCCCCCOC(=O)CCCCCCCCCCCCCCCC. The summed E-state index contributed by atoms with van der Waals surface area (Å²) in [7, 11) is 0. The molecule has 0 fully saturated rings. The Morgan fingerprint density at radius 2 is 0.554 bits per heavy atom. The molecule has 0 heterocycles. The molecule has 0 saturated carbocycles. The van der Waals surface area contributed by atoms with Gasteiger partial charge in [0, 0.05) is 12.8 Å². The van der Waals surface area contributed by atoms with Gasteiger partial charge in [-0.1, -0.05) is 361 Å². The van der Waals surface area contributed by atoms with E-state index in [2.05, 4.69) is 19.2 Å². The first-order valence-electron chi connectivity index (χ1n) is 34.3. The number of ether oxygens (including phenoxy) is 1. The second kappa shape index (κ2) is 64.4. The van der Waals surface area contributed by atoms with E-state index in [-0.39, 0.29) is 18.5 Å². The molecular weight excluding hydrogens is 911 g/mol. The molecule has 0 saturated heterocycles. The number of nitrogens with one attached hydrogen (secondary N) is 1. The second-order valence-electron chi connectivity index (χ2n) is 23.9. The minimum atomic E-state index is -0.662. The average molecular weight is 1050 g/mol. The zero-order valence-electron chi connectivity index (χ0n) is 50.6. The Balaban J connectivity index is 3.34. The fourth-order valence-corrected chi connectivity index (χ4v) is 11.2. The maximum Gasteiger partial charge on any atom is 0.305 e. The van der Waals surface area contributed by atoms with Crippen molar-refractivity contribution in [3.63, 3.8) is 0 Å². The highest BCUT2D eigenvalue weighted by atomic mass is 16.5. The number of aliphatic hydroxyl groups is 2. The molecule has 6 heteroatoms. The van der Waals surface area contributed by atoms with Crippen LogP contribution in [0.5, 0.6) is 0 Å². The van der Waals surface area contributed by atoms with Gasteiger partial charge in [-0.2, -0.15) is 0 Å². The predicted molar refractivity (Wildman–Crippen MR) is 324 cm³/mol. The number of carbonyl (C=O) groups excluding carboxylic acids is 2. The van der Waals surface area contributed by atoms with Crippen molar-refractivity contribution in [2.75, 3.05) is 13.2 Å². The largest absolute Gasteiger partial charge is 0.466 e. The molecular formula is C68H135NO5. The van der Waals surface area contributed by atoms with Gasteiger partial charge in [0.2, 0.25) is 5.91 Å². The average Bonchev–Trinajstić information content (AvgIpc) is 3.40. The van der Waals surface area contributed by atoms with Crippen LogP contribution in [-0.4, -0.2) is 47.4 Å². The van der Waals surface area contributed by atoms with Crippen molar-refractivity contribution in [3.05, 3.63) is 0 Å². The van der Waals surface area contributed by atoms with Crippen molar-refractivity contribution in [1.29, 1.82) is 0 Å². The van der Waals surface area contributed by atoms with Crippen LogP contribution in [0.4, 0.5) is 0 Å². The molecule has 2 unspecified atom stereocenters. The van der Waals surface area contributed by atoms with Gasteiger partial charge in [-0.25, -0.2) is 0 Å². The standard InChI is InChI=1S/C68H135NO5/c1-3-5-7-9-11-13-15-17-19-30-33-36-40-44-48-52-56-60-66(71)65(64-70)69-67(72)61-57-53-49-45-41-37-34-31-28-26-24-22-20-21-23-25-27-29-32-35-39-43-47-51-55-59-63-74-68(73)62-58-54-50-46-42-38-18-16-14-12-10-8-6-4-2/h65-66,70-71H,3-64H2,1-2H3,(H,69,72). The van der Waals surface area contributed by atoms with E-state index in [9.17, 15) is 19.8 Å². The van der Waals surface area contributed by atoms with Crippen LogP contribution in [0.25, 0.3) is 0 Å². The Morgan fingerprint density at radius 1 is 0.324 bits per heavy atom. The van der Waals surface area contributed by atoms with Crippen LogP contribution in [0.1, 0.15) is 399 Å².